The van der Waals surface area contributed by atoms with Crippen molar-refractivity contribution >= 4 is 11.6 Å². The predicted octanol–water partition coefficient (Wildman–Crippen LogP) is 2.93. The topological polar surface area (TPSA) is 53.1 Å². The van der Waals surface area contributed by atoms with Crippen LogP contribution in [0, 0.1) is 0 Å². The molecule has 108 valence electrons. The van der Waals surface area contributed by atoms with Crippen LogP contribution in [0.15, 0.2) is 30.6 Å². The van der Waals surface area contributed by atoms with Gasteiger partial charge in [0.25, 0.3) is 0 Å². The summed E-state index contributed by atoms with van der Waals surface area (Å²) in [7, 11) is 1.88. The zero-order chi connectivity index (χ0) is 14.5. The van der Waals surface area contributed by atoms with Crippen LogP contribution in [-0.2, 0) is 20.1 Å². The van der Waals surface area contributed by atoms with Crippen LogP contribution in [0.2, 0.25) is 5.02 Å². The molecule has 20 heavy (non-hydrogen) atoms. The van der Waals surface area contributed by atoms with Crippen LogP contribution in [0.1, 0.15) is 24.5 Å². The molecule has 5 heteroatoms. The maximum Gasteiger partial charge on any atom is 0.141 e. The fourth-order valence-electron chi connectivity index (χ4n) is 2.00. The van der Waals surface area contributed by atoms with E-state index in [1.165, 1.54) is 0 Å². The van der Waals surface area contributed by atoms with Gasteiger partial charge in [0.05, 0.1) is 11.2 Å². The molecule has 0 amide bonds. The number of ether oxygens (including phenoxy) is 1. The third-order valence-corrected chi connectivity index (χ3v) is 3.49. The van der Waals surface area contributed by atoms with Gasteiger partial charge in [-0.3, -0.25) is 4.68 Å². The molecule has 0 bridgehead atoms. The van der Waals surface area contributed by atoms with Gasteiger partial charge in [0.1, 0.15) is 12.4 Å². The molecule has 1 aromatic heterocycles. The smallest absolute Gasteiger partial charge is 0.141 e. The van der Waals surface area contributed by atoms with Crippen molar-refractivity contribution in [2.45, 2.75) is 32.4 Å². The molecule has 0 aliphatic rings. The van der Waals surface area contributed by atoms with Gasteiger partial charge < -0.3 is 10.5 Å². The van der Waals surface area contributed by atoms with Crippen LogP contribution >= 0.6 is 11.6 Å². The van der Waals surface area contributed by atoms with E-state index in [-0.39, 0.29) is 6.04 Å². The van der Waals surface area contributed by atoms with Gasteiger partial charge in [-0.2, -0.15) is 5.10 Å². The summed E-state index contributed by atoms with van der Waals surface area (Å²) in [5, 5.41) is 4.74. The summed E-state index contributed by atoms with van der Waals surface area (Å²) in [6.45, 7) is 2.53. The number of aryl methyl sites for hydroxylation is 1. The van der Waals surface area contributed by atoms with Crippen LogP contribution < -0.4 is 10.5 Å². The van der Waals surface area contributed by atoms with Gasteiger partial charge >= 0.3 is 0 Å². The van der Waals surface area contributed by atoms with E-state index in [0.717, 1.165) is 29.7 Å². The molecule has 0 spiro atoms. The Bertz CT molecular complexity index is 568. The first-order valence-corrected chi connectivity index (χ1v) is 7.11. The Hall–Kier alpha value is -1.52. The number of aromatic nitrogens is 2. The Morgan fingerprint density at radius 1 is 1.45 bits per heavy atom. The predicted molar refractivity (Wildman–Crippen MR) is 81.0 cm³/mol. The van der Waals surface area contributed by atoms with E-state index in [2.05, 4.69) is 12.0 Å². The van der Waals surface area contributed by atoms with E-state index in [9.17, 15) is 0 Å². The largest absolute Gasteiger partial charge is 0.487 e. The van der Waals surface area contributed by atoms with Crippen molar-refractivity contribution in [3.63, 3.8) is 0 Å². The average molecular weight is 294 g/mol. The molecule has 0 saturated carbocycles. The fourth-order valence-corrected chi connectivity index (χ4v) is 2.25. The molecule has 0 saturated heterocycles. The van der Waals surface area contributed by atoms with Crippen LogP contribution in [0.5, 0.6) is 5.75 Å². The highest BCUT2D eigenvalue weighted by atomic mass is 35.5. The monoisotopic (exact) mass is 293 g/mol. The quantitative estimate of drug-likeness (QED) is 0.891. The van der Waals surface area contributed by atoms with E-state index in [4.69, 9.17) is 22.1 Å². The molecule has 0 aliphatic heterocycles. The summed E-state index contributed by atoms with van der Waals surface area (Å²) in [4.78, 5) is 0. The molecule has 1 atom stereocenters. The Morgan fingerprint density at radius 3 is 2.90 bits per heavy atom. The number of nitrogens with two attached hydrogens (primary N) is 1. The number of para-hydroxylation sites is 1. The van der Waals surface area contributed by atoms with Crippen molar-refractivity contribution in [3.8, 4) is 5.75 Å². The fraction of sp³-hybridized carbons (Fsp3) is 0.400. The van der Waals surface area contributed by atoms with Gasteiger partial charge in [-0.15, -0.1) is 0 Å². The number of hydrogen-bond donors (Lipinski definition) is 1. The molecule has 2 rings (SSSR count). The number of halogens is 1. The first-order valence-electron chi connectivity index (χ1n) is 6.73. The van der Waals surface area contributed by atoms with Crippen molar-refractivity contribution in [2.24, 2.45) is 12.8 Å². The van der Waals surface area contributed by atoms with Crippen LogP contribution in [-0.4, -0.2) is 15.8 Å². The van der Waals surface area contributed by atoms with Crippen molar-refractivity contribution in [1.29, 1.82) is 0 Å². The molecule has 1 unspecified atom stereocenters. The average Bonchev–Trinajstić information content (AvgIpc) is 2.83. The van der Waals surface area contributed by atoms with Crippen molar-refractivity contribution < 1.29 is 4.74 Å². The molecule has 1 aromatic carbocycles. The maximum atomic E-state index is 6.24. The highest BCUT2D eigenvalue weighted by molar-refractivity contribution is 6.32. The summed E-state index contributed by atoms with van der Waals surface area (Å²) in [5.74, 6) is 0.724. The maximum absolute atomic E-state index is 6.24. The van der Waals surface area contributed by atoms with E-state index in [1.807, 2.05) is 31.4 Å². The summed E-state index contributed by atoms with van der Waals surface area (Å²) in [6, 6.07) is 5.90. The number of benzene rings is 1. The summed E-state index contributed by atoms with van der Waals surface area (Å²) in [5.41, 5.74) is 8.09. The Balaban J connectivity index is 2.12. The van der Waals surface area contributed by atoms with Crippen molar-refractivity contribution in [1.82, 2.24) is 9.78 Å². The standard InChI is InChI=1S/C15H20ClN3O/c1-3-13(17)7-12-5-4-6-14(16)15(12)20-10-11-8-18-19(2)9-11/h4-6,8-9,13H,3,7,10,17H2,1-2H3. The summed E-state index contributed by atoms with van der Waals surface area (Å²) in [6.07, 6.45) is 5.40. The summed E-state index contributed by atoms with van der Waals surface area (Å²) >= 11 is 6.24. The normalized spacial score (nSPS) is 12.4. The lowest BCUT2D eigenvalue weighted by Gasteiger charge is -2.15. The lowest BCUT2D eigenvalue weighted by molar-refractivity contribution is 0.302. The number of hydrogen-bond acceptors (Lipinski definition) is 3. The van der Waals surface area contributed by atoms with Gasteiger partial charge in [-0.05, 0) is 24.5 Å². The minimum Gasteiger partial charge on any atom is -0.487 e. The van der Waals surface area contributed by atoms with Gasteiger partial charge in [0, 0.05) is 24.8 Å². The van der Waals surface area contributed by atoms with E-state index in [1.54, 1.807) is 10.9 Å². The summed E-state index contributed by atoms with van der Waals surface area (Å²) < 4.78 is 7.62. The van der Waals surface area contributed by atoms with Gasteiger partial charge in [0.2, 0.25) is 0 Å². The van der Waals surface area contributed by atoms with E-state index < -0.39 is 0 Å². The second kappa shape index (κ2) is 6.77. The SMILES string of the molecule is CCC(N)Cc1cccc(Cl)c1OCc1cnn(C)c1. The van der Waals surface area contributed by atoms with Crippen molar-refractivity contribution in [3.05, 3.63) is 46.7 Å². The second-order valence-electron chi connectivity index (χ2n) is 4.91. The van der Waals surface area contributed by atoms with E-state index >= 15 is 0 Å². The first kappa shape index (κ1) is 14.9. The van der Waals surface area contributed by atoms with Gasteiger partial charge in [0.15, 0.2) is 0 Å². The third-order valence-electron chi connectivity index (χ3n) is 3.20. The van der Waals surface area contributed by atoms with Gasteiger partial charge in [-0.1, -0.05) is 30.7 Å². The Labute approximate surface area is 124 Å². The highest BCUT2D eigenvalue weighted by Crippen LogP contribution is 2.30. The lowest BCUT2D eigenvalue weighted by atomic mass is 10.0. The lowest BCUT2D eigenvalue weighted by Crippen LogP contribution is -2.21. The highest BCUT2D eigenvalue weighted by Gasteiger charge is 2.12. The Kier molecular flexibility index (Phi) is 5.04. The molecular weight excluding hydrogens is 274 g/mol. The first-order chi connectivity index (χ1) is 9.60. The van der Waals surface area contributed by atoms with Crippen LogP contribution in [0.4, 0.5) is 0 Å². The zero-order valence-electron chi connectivity index (χ0n) is 11.8. The minimum absolute atomic E-state index is 0.120. The second-order valence-corrected chi connectivity index (χ2v) is 5.32. The molecule has 4 nitrogen and oxygen atoms in total. The molecular formula is C15H20ClN3O. The molecule has 0 fully saturated rings. The van der Waals surface area contributed by atoms with Crippen LogP contribution in [0.3, 0.4) is 0 Å². The molecule has 0 aliphatic carbocycles. The third kappa shape index (κ3) is 3.74. The van der Waals surface area contributed by atoms with Gasteiger partial charge in [-0.25, -0.2) is 0 Å². The van der Waals surface area contributed by atoms with E-state index in [0.29, 0.717) is 11.6 Å². The minimum atomic E-state index is 0.120. The molecule has 2 aromatic rings. The van der Waals surface area contributed by atoms with Crippen molar-refractivity contribution in [2.75, 3.05) is 0 Å². The Morgan fingerprint density at radius 2 is 2.25 bits per heavy atom. The number of nitrogens with zero attached hydrogens (tertiary/aromatic N) is 2. The zero-order valence-corrected chi connectivity index (χ0v) is 12.6. The molecule has 1 heterocycles. The number of rotatable bonds is 6. The van der Waals surface area contributed by atoms with Crippen LogP contribution in [0.25, 0.3) is 0 Å². The molecule has 2 N–H and O–H groups in total. The molecule has 0 radical (unpaired) electrons.